The molecule has 2 saturated heterocycles. The number of carbonyl (C=O) groups is 1. The summed E-state index contributed by atoms with van der Waals surface area (Å²) in [4.78, 5) is 23.5. The molecule has 2 aromatic heterocycles. The third-order valence-electron chi connectivity index (χ3n) is 6.42. The van der Waals surface area contributed by atoms with E-state index in [0.29, 0.717) is 36.9 Å². The van der Waals surface area contributed by atoms with Crippen LogP contribution in [0.3, 0.4) is 0 Å². The van der Waals surface area contributed by atoms with Crippen molar-refractivity contribution in [2.75, 3.05) is 23.4 Å². The van der Waals surface area contributed by atoms with E-state index in [2.05, 4.69) is 36.4 Å². The van der Waals surface area contributed by atoms with Gasteiger partial charge in [-0.1, -0.05) is 26.7 Å². The number of H-pyrrole nitrogens is 1. The van der Waals surface area contributed by atoms with Crippen molar-refractivity contribution in [2.45, 2.75) is 71.3 Å². The van der Waals surface area contributed by atoms with Gasteiger partial charge in [0, 0.05) is 36.5 Å². The number of ether oxygens (including phenoxy) is 1. The molecule has 4 aliphatic rings. The van der Waals surface area contributed by atoms with Gasteiger partial charge in [0.1, 0.15) is 5.82 Å². The van der Waals surface area contributed by atoms with E-state index >= 15 is 0 Å². The third kappa shape index (κ3) is 3.75. The van der Waals surface area contributed by atoms with Gasteiger partial charge in [0.2, 0.25) is 5.95 Å². The van der Waals surface area contributed by atoms with Gasteiger partial charge in [-0.15, -0.1) is 0 Å². The van der Waals surface area contributed by atoms with Crippen LogP contribution < -0.4 is 10.2 Å². The van der Waals surface area contributed by atoms with Crippen LogP contribution in [0.1, 0.15) is 70.9 Å². The predicted octanol–water partition coefficient (Wildman–Crippen LogP) is 4.16. The highest BCUT2D eigenvalue weighted by Crippen LogP contribution is 2.53. The van der Waals surface area contributed by atoms with Crippen molar-refractivity contribution >= 4 is 23.6 Å². The normalized spacial score (nSPS) is 24.8. The Hall–Kier alpha value is -2.64. The molecule has 2 aliphatic carbocycles. The summed E-state index contributed by atoms with van der Waals surface area (Å²) in [7, 11) is 0. The second kappa shape index (κ2) is 8.62. The van der Waals surface area contributed by atoms with E-state index in [9.17, 15) is 4.79 Å². The van der Waals surface area contributed by atoms with Crippen LogP contribution in [0.5, 0.6) is 0 Å². The molecule has 0 unspecified atom stereocenters. The van der Waals surface area contributed by atoms with Gasteiger partial charge in [0.15, 0.2) is 5.82 Å². The summed E-state index contributed by atoms with van der Waals surface area (Å²) in [5.74, 6) is 2.66. The molecule has 2 aromatic rings. The first kappa shape index (κ1) is 20.6. The summed E-state index contributed by atoms with van der Waals surface area (Å²) in [6.07, 6.45) is 8.48. The number of hydrogen-bond acceptors (Lipinski definition) is 7. The summed E-state index contributed by atoms with van der Waals surface area (Å²) < 4.78 is 5.27. The van der Waals surface area contributed by atoms with E-state index in [1.165, 1.54) is 31.4 Å². The van der Waals surface area contributed by atoms with Crippen molar-refractivity contribution in [3.63, 3.8) is 0 Å². The van der Waals surface area contributed by atoms with Gasteiger partial charge in [0.25, 0.3) is 0 Å². The van der Waals surface area contributed by atoms with E-state index < -0.39 is 0 Å². The Kier molecular flexibility index (Phi) is 5.92. The zero-order chi connectivity index (χ0) is 21.1. The lowest BCUT2D eigenvalue weighted by Crippen LogP contribution is -2.42. The Morgan fingerprint density at radius 2 is 2.07 bits per heavy atom. The van der Waals surface area contributed by atoms with Crippen LogP contribution in [0, 0.1) is 5.41 Å². The highest BCUT2D eigenvalue weighted by Gasteiger charge is 2.61. The standard InChI is InChI=1S/C20H26N6O2.C2H6/c1-2-28-18(27)20-10-14(11-20)26(12-20)19-21-8-7-16(23-19)22-17-9-15(24-25-17)13-5-3-4-6-13;1-2/h7-9,13-14H,2-6,10-12H2,1H3,(H2,21,22,23,24,25);1-2H3. The summed E-state index contributed by atoms with van der Waals surface area (Å²) in [5.41, 5.74) is 0.831. The minimum atomic E-state index is -0.369. The smallest absolute Gasteiger partial charge is 0.314 e. The first-order chi connectivity index (χ1) is 14.7. The van der Waals surface area contributed by atoms with E-state index in [-0.39, 0.29) is 11.4 Å². The highest BCUT2D eigenvalue weighted by atomic mass is 16.5. The second-order valence-corrected chi connectivity index (χ2v) is 8.25. The van der Waals surface area contributed by atoms with Crippen LogP contribution in [0.25, 0.3) is 0 Å². The molecule has 8 heteroatoms. The van der Waals surface area contributed by atoms with Crippen molar-refractivity contribution in [3.05, 3.63) is 24.0 Å². The molecule has 0 atom stereocenters. The van der Waals surface area contributed by atoms with Crippen molar-refractivity contribution in [1.29, 1.82) is 0 Å². The second-order valence-electron chi connectivity index (χ2n) is 8.25. The molecule has 0 aromatic carbocycles. The molecule has 2 bridgehead atoms. The topological polar surface area (TPSA) is 96.0 Å². The molecule has 0 amide bonds. The third-order valence-corrected chi connectivity index (χ3v) is 6.42. The zero-order valence-electron chi connectivity index (χ0n) is 18.1. The van der Waals surface area contributed by atoms with E-state index in [1.54, 1.807) is 6.20 Å². The van der Waals surface area contributed by atoms with Gasteiger partial charge in [-0.3, -0.25) is 9.89 Å². The maximum absolute atomic E-state index is 12.3. The number of aromatic nitrogens is 4. The van der Waals surface area contributed by atoms with Gasteiger partial charge in [0.05, 0.1) is 12.0 Å². The molecule has 2 saturated carbocycles. The SMILES string of the molecule is CC.CCOC(=O)C12CC(C1)N(c1nccc(Nc3cc(C4CCCC4)[nH]n3)n1)C2. The molecule has 162 valence electrons. The van der Waals surface area contributed by atoms with Crippen molar-refractivity contribution in [2.24, 2.45) is 5.41 Å². The molecule has 2 aliphatic heterocycles. The molecule has 2 N–H and O–H groups in total. The minimum absolute atomic E-state index is 0.0843. The quantitative estimate of drug-likeness (QED) is 0.688. The summed E-state index contributed by atoms with van der Waals surface area (Å²) in [5, 5.41) is 10.8. The molecular formula is C22H32N6O2. The van der Waals surface area contributed by atoms with Gasteiger partial charge in [-0.2, -0.15) is 10.1 Å². The molecule has 8 nitrogen and oxygen atoms in total. The molecular weight excluding hydrogens is 380 g/mol. The number of carbonyl (C=O) groups excluding carboxylic acids is 1. The van der Waals surface area contributed by atoms with Crippen molar-refractivity contribution in [1.82, 2.24) is 20.2 Å². The van der Waals surface area contributed by atoms with Gasteiger partial charge < -0.3 is 15.0 Å². The molecule has 0 radical (unpaired) electrons. The molecule has 4 fully saturated rings. The van der Waals surface area contributed by atoms with Crippen LogP contribution in [0.4, 0.5) is 17.6 Å². The first-order valence-electron chi connectivity index (χ1n) is 11.3. The fraction of sp³-hybridized carbons (Fsp3) is 0.636. The Labute approximate surface area is 177 Å². The number of aromatic amines is 1. The number of rotatable bonds is 6. The number of nitrogens with zero attached hydrogens (tertiary/aromatic N) is 4. The van der Waals surface area contributed by atoms with Gasteiger partial charge in [-0.25, -0.2) is 4.98 Å². The maximum atomic E-state index is 12.3. The minimum Gasteiger partial charge on any atom is -0.466 e. The van der Waals surface area contributed by atoms with Crippen molar-refractivity contribution < 1.29 is 9.53 Å². The Balaban J connectivity index is 0.00000106. The van der Waals surface area contributed by atoms with Crippen molar-refractivity contribution in [3.8, 4) is 0 Å². The average Bonchev–Trinajstić information content (AvgIpc) is 3.52. The monoisotopic (exact) mass is 412 g/mol. The molecule has 30 heavy (non-hydrogen) atoms. The number of fused-ring (bicyclic) bond motifs is 1. The predicted molar refractivity (Wildman–Crippen MR) is 116 cm³/mol. The van der Waals surface area contributed by atoms with E-state index in [1.807, 2.05) is 26.8 Å². The largest absolute Gasteiger partial charge is 0.466 e. The fourth-order valence-electron chi connectivity index (χ4n) is 4.93. The van der Waals surface area contributed by atoms with E-state index in [0.717, 1.165) is 18.7 Å². The Morgan fingerprint density at radius 3 is 2.80 bits per heavy atom. The van der Waals surface area contributed by atoms with Crippen LogP contribution in [-0.2, 0) is 9.53 Å². The Morgan fingerprint density at radius 1 is 1.30 bits per heavy atom. The number of nitrogens with one attached hydrogen (secondary N) is 2. The van der Waals surface area contributed by atoms with Crippen LogP contribution in [0.2, 0.25) is 0 Å². The molecule has 6 rings (SSSR count). The summed E-state index contributed by atoms with van der Waals surface area (Å²) >= 11 is 0. The highest BCUT2D eigenvalue weighted by molar-refractivity contribution is 5.81. The summed E-state index contributed by atoms with van der Waals surface area (Å²) in [6.45, 7) is 6.91. The molecule has 4 heterocycles. The zero-order valence-corrected chi connectivity index (χ0v) is 18.1. The lowest BCUT2D eigenvalue weighted by atomic mass is 9.70. The Bertz CT molecular complexity index is 870. The van der Waals surface area contributed by atoms with Crippen LogP contribution >= 0.6 is 0 Å². The fourth-order valence-corrected chi connectivity index (χ4v) is 4.93. The number of hydrogen-bond donors (Lipinski definition) is 2. The first-order valence-corrected chi connectivity index (χ1v) is 11.3. The maximum Gasteiger partial charge on any atom is 0.314 e. The molecule has 0 spiro atoms. The number of esters is 1. The summed E-state index contributed by atoms with van der Waals surface area (Å²) in [6, 6.07) is 4.24. The number of anilines is 3. The van der Waals surface area contributed by atoms with Gasteiger partial charge in [-0.05, 0) is 38.7 Å². The lowest BCUT2D eigenvalue weighted by molar-refractivity contribution is -0.157. The van der Waals surface area contributed by atoms with Crippen LogP contribution in [0.15, 0.2) is 18.3 Å². The lowest BCUT2D eigenvalue weighted by Gasteiger charge is -2.34. The average molecular weight is 413 g/mol. The van der Waals surface area contributed by atoms with Gasteiger partial charge >= 0.3 is 5.97 Å². The van der Waals surface area contributed by atoms with E-state index in [4.69, 9.17) is 4.74 Å². The van der Waals surface area contributed by atoms with Crippen LogP contribution in [-0.4, -0.2) is 45.3 Å².